The average Bonchev–Trinajstić information content (AvgIpc) is 2.41. The molecule has 19 heavy (non-hydrogen) atoms. The first-order chi connectivity index (χ1) is 9.13. The summed E-state index contributed by atoms with van der Waals surface area (Å²) in [6, 6.07) is 2.40. The minimum Gasteiger partial charge on any atom is -0.506 e. The number of rotatable bonds is 4. The van der Waals surface area contributed by atoms with Crippen LogP contribution in [-0.2, 0) is 0 Å². The predicted octanol–water partition coefficient (Wildman–Crippen LogP) is 2.71. The van der Waals surface area contributed by atoms with Crippen LogP contribution in [0.3, 0.4) is 0 Å². The molecule has 1 heterocycles. The second-order valence-electron chi connectivity index (χ2n) is 4.65. The van der Waals surface area contributed by atoms with Crippen molar-refractivity contribution >= 4 is 11.6 Å². The van der Waals surface area contributed by atoms with E-state index in [1.165, 1.54) is 6.07 Å². The fourth-order valence-electron chi connectivity index (χ4n) is 2.46. The molecule has 0 aliphatic carbocycles. The second kappa shape index (κ2) is 6.37. The maximum atomic E-state index is 13.5. The summed E-state index contributed by atoms with van der Waals surface area (Å²) in [5.74, 6) is -0.463. The summed E-state index contributed by atoms with van der Waals surface area (Å²) in [5.41, 5.74) is 0.534. The van der Waals surface area contributed by atoms with Crippen molar-refractivity contribution in [1.29, 1.82) is 0 Å². The normalized spacial score (nSPS) is 18.2. The SMILES string of the molecule is C=CC[C@H](c1cc(F)cc(Cl)c1O)N1CCNCC1. The smallest absolute Gasteiger partial charge is 0.139 e. The van der Waals surface area contributed by atoms with Crippen molar-refractivity contribution in [3.63, 3.8) is 0 Å². The molecule has 1 aliphatic rings. The summed E-state index contributed by atoms with van der Waals surface area (Å²) in [4.78, 5) is 2.21. The number of hydrogen-bond donors (Lipinski definition) is 2. The largest absolute Gasteiger partial charge is 0.506 e. The van der Waals surface area contributed by atoms with E-state index in [0.717, 1.165) is 32.2 Å². The summed E-state index contributed by atoms with van der Waals surface area (Å²) < 4.78 is 13.5. The molecule has 0 amide bonds. The quantitative estimate of drug-likeness (QED) is 0.835. The van der Waals surface area contributed by atoms with Gasteiger partial charge in [-0.1, -0.05) is 17.7 Å². The zero-order valence-electron chi connectivity index (χ0n) is 10.7. The highest BCUT2D eigenvalue weighted by atomic mass is 35.5. The maximum absolute atomic E-state index is 13.5. The Labute approximate surface area is 117 Å². The molecular formula is C14H18ClFN2O. The molecule has 2 N–H and O–H groups in total. The van der Waals surface area contributed by atoms with Crippen LogP contribution in [0, 0.1) is 5.82 Å². The van der Waals surface area contributed by atoms with Crippen LogP contribution in [0.15, 0.2) is 24.8 Å². The summed E-state index contributed by atoms with van der Waals surface area (Å²) in [7, 11) is 0. The Morgan fingerprint density at radius 3 is 2.79 bits per heavy atom. The highest BCUT2D eigenvalue weighted by Gasteiger charge is 2.25. The van der Waals surface area contributed by atoms with E-state index < -0.39 is 5.82 Å². The Hall–Kier alpha value is -1.10. The van der Waals surface area contributed by atoms with E-state index in [0.29, 0.717) is 12.0 Å². The standard InChI is InChI=1S/C14H18ClFN2O/c1-2-3-13(18-6-4-17-5-7-18)11-8-10(16)9-12(15)14(11)19/h2,8-9,13,17,19H,1,3-7H2/t13-/m1/s1. The van der Waals surface area contributed by atoms with E-state index in [1.54, 1.807) is 6.08 Å². The summed E-state index contributed by atoms with van der Waals surface area (Å²) in [6.45, 7) is 7.22. The van der Waals surface area contributed by atoms with E-state index in [4.69, 9.17) is 11.6 Å². The zero-order chi connectivity index (χ0) is 13.8. The Bertz CT molecular complexity index is 461. The lowest BCUT2D eigenvalue weighted by atomic mass is 10.00. The zero-order valence-corrected chi connectivity index (χ0v) is 11.5. The number of benzene rings is 1. The van der Waals surface area contributed by atoms with Gasteiger partial charge in [0.25, 0.3) is 0 Å². The van der Waals surface area contributed by atoms with Crippen LogP contribution in [0.4, 0.5) is 4.39 Å². The van der Waals surface area contributed by atoms with Crippen LogP contribution in [0.5, 0.6) is 5.75 Å². The average molecular weight is 285 g/mol. The van der Waals surface area contributed by atoms with Crippen LogP contribution >= 0.6 is 11.6 Å². The monoisotopic (exact) mass is 284 g/mol. The molecule has 3 nitrogen and oxygen atoms in total. The first kappa shape index (κ1) is 14.3. The van der Waals surface area contributed by atoms with Crippen LogP contribution in [0.25, 0.3) is 0 Å². The van der Waals surface area contributed by atoms with Crippen LogP contribution in [0.2, 0.25) is 5.02 Å². The van der Waals surface area contributed by atoms with Crippen molar-refractivity contribution in [2.24, 2.45) is 0 Å². The number of hydrogen-bond acceptors (Lipinski definition) is 3. The van der Waals surface area contributed by atoms with Gasteiger partial charge in [0.1, 0.15) is 11.6 Å². The lowest BCUT2D eigenvalue weighted by Crippen LogP contribution is -2.45. The molecule has 2 rings (SSSR count). The summed E-state index contributed by atoms with van der Waals surface area (Å²) in [5, 5.41) is 13.4. The van der Waals surface area contributed by atoms with E-state index >= 15 is 0 Å². The molecular weight excluding hydrogens is 267 g/mol. The minimum atomic E-state index is -0.429. The molecule has 0 unspecified atom stereocenters. The van der Waals surface area contributed by atoms with Crippen LogP contribution in [0.1, 0.15) is 18.0 Å². The van der Waals surface area contributed by atoms with E-state index in [1.807, 2.05) is 0 Å². The molecule has 0 spiro atoms. The van der Waals surface area contributed by atoms with Gasteiger partial charge in [-0.25, -0.2) is 4.39 Å². The second-order valence-corrected chi connectivity index (χ2v) is 5.06. The Balaban J connectivity index is 2.34. The molecule has 1 atom stereocenters. The first-order valence-electron chi connectivity index (χ1n) is 6.37. The molecule has 1 fully saturated rings. The van der Waals surface area contributed by atoms with Crippen molar-refractivity contribution in [3.8, 4) is 5.75 Å². The molecule has 0 radical (unpaired) electrons. The van der Waals surface area contributed by atoms with Gasteiger partial charge < -0.3 is 10.4 Å². The van der Waals surface area contributed by atoms with E-state index in [9.17, 15) is 9.50 Å². The van der Waals surface area contributed by atoms with Gasteiger partial charge in [0, 0.05) is 37.8 Å². The maximum Gasteiger partial charge on any atom is 0.139 e. The van der Waals surface area contributed by atoms with Gasteiger partial charge in [0.15, 0.2) is 0 Å². The first-order valence-corrected chi connectivity index (χ1v) is 6.75. The number of nitrogens with zero attached hydrogens (tertiary/aromatic N) is 1. The van der Waals surface area contributed by atoms with Gasteiger partial charge in [0.05, 0.1) is 5.02 Å². The molecule has 104 valence electrons. The third-order valence-electron chi connectivity index (χ3n) is 3.40. The number of nitrogens with one attached hydrogen (secondary N) is 1. The van der Waals surface area contributed by atoms with Gasteiger partial charge in [-0.15, -0.1) is 6.58 Å². The number of aromatic hydroxyl groups is 1. The number of phenolic OH excluding ortho intramolecular Hbond substituents is 1. The number of piperazine rings is 1. The van der Waals surface area contributed by atoms with Gasteiger partial charge in [-0.3, -0.25) is 4.90 Å². The lowest BCUT2D eigenvalue weighted by Gasteiger charge is -2.35. The number of halogens is 2. The van der Waals surface area contributed by atoms with Gasteiger partial charge in [0.2, 0.25) is 0 Å². The van der Waals surface area contributed by atoms with Crippen LogP contribution < -0.4 is 5.32 Å². The molecule has 1 aromatic carbocycles. The molecule has 0 saturated carbocycles. The summed E-state index contributed by atoms with van der Waals surface area (Å²) in [6.07, 6.45) is 2.43. The van der Waals surface area contributed by atoms with Gasteiger partial charge in [-0.05, 0) is 18.6 Å². The molecule has 1 aromatic rings. The van der Waals surface area contributed by atoms with Crippen LogP contribution in [-0.4, -0.2) is 36.2 Å². The summed E-state index contributed by atoms with van der Waals surface area (Å²) >= 11 is 5.86. The van der Waals surface area contributed by atoms with Crippen molar-refractivity contribution in [1.82, 2.24) is 10.2 Å². The highest BCUT2D eigenvalue weighted by Crippen LogP contribution is 2.37. The highest BCUT2D eigenvalue weighted by molar-refractivity contribution is 6.32. The molecule has 5 heteroatoms. The number of phenols is 1. The molecule has 0 bridgehead atoms. The molecule has 0 aromatic heterocycles. The van der Waals surface area contributed by atoms with Gasteiger partial charge >= 0.3 is 0 Å². The third-order valence-corrected chi connectivity index (χ3v) is 3.69. The third kappa shape index (κ3) is 3.26. The minimum absolute atomic E-state index is 0.0338. The Morgan fingerprint density at radius 2 is 2.16 bits per heavy atom. The fraction of sp³-hybridized carbons (Fsp3) is 0.429. The van der Waals surface area contributed by atoms with Crippen molar-refractivity contribution in [3.05, 3.63) is 41.2 Å². The Kier molecular flexibility index (Phi) is 4.80. The van der Waals surface area contributed by atoms with Gasteiger partial charge in [-0.2, -0.15) is 0 Å². The van der Waals surface area contributed by atoms with E-state index in [2.05, 4.69) is 16.8 Å². The molecule has 1 aliphatic heterocycles. The van der Waals surface area contributed by atoms with Crippen molar-refractivity contribution < 1.29 is 9.50 Å². The topological polar surface area (TPSA) is 35.5 Å². The van der Waals surface area contributed by atoms with Crippen molar-refractivity contribution in [2.75, 3.05) is 26.2 Å². The predicted molar refractivity (Wildman–Crippen MR) is 75.1 cm³/mol. The lowest BCUT2D eigenvalue weighted by molar-refractivity contribution is 0.171. The fourth-order valence-corrected chi connectivity index (χ4v) is 2.68. The molecule has 1 saturated heterocycles. The van der Waals surface area contributed by atoms with Crippen molar-refractivity contribution in [2.45, 2.75) is 12.5 Å². The van der Waals surface area contributed by atoms with E-state index in [-0.39, 0.29) is 16.8 Å². The Morgan fingerprint density at radius 1 is 1.47 bits per heavy atom.